The number of ether oxygens (including phenoxy) is 2. The van der Waals surface area contributed by atoms with Gasteiger partial charge < -0.3 is 14.8 Å². The Morgan fingerprint density at radius 3 is 2.92 bits per heavy atom. The molecule has 0 fully saturated rings. The highest BCUT2D eigenvalue weighted by atomic mass is 32.1. The lowest BCUT2D eigenvalue weighted by Crippen LogP contribution is -2.39. The van der Waals surface area contributed by atoms with Gasteiger partial charge in [0.1, 0.15) is 11.5 Å². The van der Waals surface area contributed by atoms with Crippen molar-refractivity contribution in [3.05, 3.63) is 40.1 Å². The molecule has 1 aromatic heterocycles. The first-order valence-corrected chi connectivity index (χ1v) is 8.82. The largest absolute Gasteiger partial charge is 0.497 e. The predicted molar refractivity (Wildman–Crippen MR) is 96.2 cm³/mol. The molecule has 1 N–H and O–H groups in total. The molecule has 3 rings (SSSR count). The van der Waals surface area contributed by atoms with Gasteiger partial charge >= 0.3 is 0 Å². The summed E-state index contributed by atoms with van der Waals surface area (Å²) in [5.74, 6) is 1.25. The maximum atomic E-state index is 12.5. The van der Waals surface area contributed by atoms with E-state index in [1.54, 1.807) is 43.8 Å². The van der Waals surface area contributed by atoms with E-state index in [4.69, 9.17) is 9.47 Å². The third kappa shape index (κ3) is 3.39. The summed E-state index contributed by atoms with van der Waals surface area (Å²) in [5.41, 5.74) is 2.00. The monoisotopic (exact) mass is 346 g/mol. The summed E-state index contributed by atoms with van der Waals surface area (Å²) in [6.45, 7) is 3.43. The number of nitrogens with zero attached hydrogens (tertiary/aromatic N) is 1. The summed E-state index contributed by atoms with van der Waals surface area (Å²) in [5, 5.41) is 5.07. The minimum Gasteiger partial charge on any atom is -0.497 e. The van der Waals surface area contributed by atoms with Gasteiger partial charge in [0.25, 0.3) is 0 Å². The van der Waals surface area contributed by atoms with Crippen LogP contribution in [-0.4, -0.2) is 38.1 Å². The third-order valence-electron chi connectivity index (χ3n) is 4.43. The smallest absolute Gasteiger partial charge is 0.238 e. The Morgan fingerprint density at radius 1 is 1.33 bits per heavy atom. The van der Waals surface area contributed by atoms with Crippen LogP contribution in [0.2, 0.25) is 0 Å². The van der Waals surface area contributed by atoms with Crippen LogP contribution in [0.25, 0.3) is 0 Å². The molecule has 0 saturated carbocycles. The molecule has 2 heterocycles. The number of benzene rings is 1. The highest BCUT2D eigenvalue weighted by molar-refractivity contribution is 7.10. The van der Waals surface area contributed by atoms with Crippen molar-refractivity contribution in [3.8, 4) is 11.5 Å². The van der Waals surface area contributed by atoms with E-state index in [-0.39, 0.29) is 11.9 Å². The zero-order valence-corrected chi connectivity index (χ0v) is 15.0. The van der Waals surface area contributed by atoms with Crippen molar-refractivity contribution >= 4 is 22.9 Å². The number of carbonyl (C=O) groups excluding carboxylic acids is 1. The standard InChI is InChI=1S/C18H22N2O3S/c1-12-14-7-9-24-17(14)6-8-20(12)11-18(21)19-15-5-4-13(22-2)10-16(15)23-3/h4-5,7,9-10,12H,6,8,11H2,1-3H3,(H,19,21)/t12-/m1/s1. The van der Waals surface area contributed by atoms with Gasteiger partial charge in [0.05, 0.1) is 26.5 Å². The minimum absolute atomic E-state index is 0.0380. The Kier molecular flexibility index (Phi) is 5.06. The van der Waals surface area contributed by atoms with Gasteiger partial charge in [-0.05, 0) is 42.5 Å². The Bertz CT molecular complexity index is 729. The SMILES string of the molecule is COc1ccc(NC(=O)CN2CCc3sccc3[C@H]2C)c(OC)c1. The molecule has 6 heteroatoms. The Balaban J connectivity index is 1.66. The zero-order chi connectivity index (χ0) is 17.1. The van der Waals surface area contributed by atoms with Gasteiger partial charge in [0.15, 0.2) is 0 Å². The van der Waals surface area contributed by atoms with Crippen molar-refractivity contribution in [1.82, 2.24) is 4.90 Å². The molecule has 5 nitrogen and oxygen atoms in total. The molecule has 0 spiro atoms. The maximum Gasteiger partial charge on any atom is 0.238 e. The quantitative estimate of drug-likeness (QED) is 0.902. The van der Waals surface area contributed by atoms with Crippen molar-refractivity contribution in [3.63, 3.8) is 0 Å². The van der Waals surface area contributed by atoms with Crippen molar-refractivity contribution in [2.75, 3.05) is 32.6 Å². The summed E-state index contributed by atoms with van der Waals surface area (Å²) in [7, 11) is 3.18. The predicted octanol–water partition coefficient (Wildman–Crippen LogP) is 3.32. The fraction of sp³-hybridized carbons (Fsp3) is 0.389. The summed E-state index contributed by atoms with van der Waals surface area (Å²) < 4.78 is 10.5. The highest BCUT2D eigenvalue weighted by Gasteiger charge is 2.26. The fourth-order valence-corrected chi connectivity index (χ4v) is 4.02. The molecule has 1 aliphatic rings. The topological polar surface area (TPSA) is 50.8 Å². The summed E-state index contributed by atoms with van der Waals surface area (Å²) in [4.78, 5) is 16.1. The molecule has 1 aliphatic heterocycles. The highest BCUT2D eigenvalue weighted by Crippen LogP contribution is 2.33. The Morgan fingerprint density at radius 2 is 2.17 bits per heavy atom. The number of rotatable bonds is 5. The first kappa shape index (κ1) is 16.8. The average Bonchev–Trinajstić information content (AvgIpc) is 3.07. The van der Waals surface area contributed by atoms with Crippen LogP contribution in [0, 0.1) is 0 Å². The van der Waals surface area contributed by atoms with Gasteiger partial charge in [-0.1, -0.05) is 0 Å². The second-order valence-corrected chi connectivity index (χ2v) is 6.81. The lowest BCUT2D eigenvalue weighted by atomic mass is 10.0. The molecule has 1 aromatic carbocycles. The molecular formula is C18H22N2O3S. The van der Waals surface area contributed by atoms with Crippen molar-refractivity contribution in [1.29, 1.82) is 0 Å². The van der Waals surface area contributed by atoms with Crippen LogP contribution in [0.4, 0.5) is 5.69 Å². The molecular weight excluding hydrogens is 324 g/mol. The van der Waals surface area contributed by atoms with Gasteiger partial charge in [-0.15, -0.1) is 11.3 Å². The molecule has 0 aliphatic carbocycles. The molecule has 1 atom stereocenters. The summed E-state index contributed by atoms with van der Waals surface area (Å²) in [6, 6.07) is 7.80. The van der Waals surface area contributed by atoms with Crippen molar-refractivity contribution in [2.24, 2.45) is 0 Å². The number of anilines is 1. The van der Waals surface area contributed by atoms with Crippen LogP contribution in [0.5, 0.6) is 11.5 Å². The second kappa shape index (κ2) is 7.23. The van der Waals surface area contributed by atoms with Crippen LogP contribution >= 0.6 is 11.3 Å². The summed E-state index contributed by atoms with van der Waals surface area (Å²) >= 11 is 1.81. The molecule has 0 radical (unpaired) electrons. The zero-order valence-electron chi connectivity index (χ0n) is 14.2. The lowest BCUT2D eigenvalue weighted by molar-refractivity contribution is -0.117. The minimum atomic E-state index is -0.0380. The number of thiophene rings is 1. The number of amides is 1. The number of carbonyl (C=O) groups is 1. The lowest BCUT2D eigenvalue weighted by Gasteiger charge is -2.32. The number of hydrogen-bond acceptors (Lipinski definition) is 5. The Hall–Kier alpha value is -2.05. The van der Waals surface area contributed by atoms with E-state index >= 15 is 0 Å². The fourth-order valence-electron chi connectivity index (χ4n) is 3.05. The molecule has 0 unspecified atom stereocenters. The first-order chi connectivity index (χ1) is 11.6. The van der Waals surface area contributed by atoms with E-state index in [0.717, 1.165) is 13.0 Å². The second-order valence-electron chi connectivity index (χ2n) is 5.81. The van der Waals surface area contributed by atoms with Gasteiger partial charge in [0.2, 0.25) is 5.91 Å². The molecule has 128 valence electrons. The van der Waals surface area contributed by atoms with Gasteiger partial charge in [-0.3, -0.25) is 9.69 Å². The molecule has 24 heavy (non-hydrogen) atoms. The van der Waals surface area contributed by atoms with Crippen LogP contribution in [-0.2, 0) is 11.2 Å². The van der Waals surface area contributed by atoms with Crippen LogP contribution in [0.1, 0.15) is 23.4 Å². The molecule has 0 saturated heterocycles. The maximum absolute atomic E-state index is 12.5. The van der Waals surface area contributed by atoms with Crippen LogP contribution in [0.3, 0.4) is 0 Å². The number of nitrogens with one attached hydrogen (secondary N) is 1. The number of methoxy groups -OCH3 is 2. The summed E-state index contributed by atoms with van der Waals surface area (Å²) in [6.07, 6.45) is 1.01. The van der Waals surface area contributed by atoms with E-state index in [0.29, 0.717) is 23.7 Å². The van der Waals surface area contributed by atoms with Crippen LogP contribution < -0.4 is 14.8 Å². The average molecular weight is 346 g/mol. The van der Waals surface area contributed by atoms with E-state index < -0.39 is 0 Å². The first-order valence-electron chi connectivity index (χ1n) is 7.94. The van der Waals surface area contributed by atoms with Gasteiger partial charge in [0, 0.05) is 23.5 Å². The van der Waals surface area contributed by atoms with Gasteiger partial charge in [-0.2, -0.15) is 0 Å². The molecule has 1 amide bonds. The number of fused-ring (bicyclic) bond motifs is 1. The number of hydrogen-bond donors (Lipinski definition) is 1. The van der Waals surface area contributed by atoms with E-state index in [2.05, 4.69) is 28.6 Å². The molecule has 2 aromatic rings. The normalized spacial score (nSPS) is 17.2. The third-order valence-corrected chi connectivity index (χ3v) is 5.43. The van der Waals surface area contributed by atoms with Crippen molar-refractivity contribution < 1.29 is 14.3 Å². The van der Waals surface area contributed by atoms with E-state index in [1.807, 2.05) is 0 Å². The van der Waals surface area contributed by atoms with Crippen molar-refractivity contribution in [2.45, 2.75) is 19.4 Å². The van der Waals surface area contributed by atoms with Gasteiger partial charge in [-0.25, -0.2) is 0 Å². The van der Waals surface area contributed by atoms with Crippen LogP contribution in [0.15, 0.2) is 29.6 Å². The molecule has 0 bridgehead atoms. The van der Waals surface area contributed by atoms with E-state index in [1.165, 1.54) is 10.4 Å². The van der Waals surface area contributed by atoms with E-state index in [9.17, 15) is 4.79 Å². The Labute approximate surface area is 146 Å².